The molecule has 0 saturated carbocycles. The van der Waals surface area contributed by atoms with Gasteiger partial charge >= 0.3 is 0 Å². The minimum absolute atomic E-state index is 0.127. The first-order valence-corrected chi connectivity index (χ1v) is 7.49. The van der Waals surface area contributed by atoms with Crippen molar-refractivity contribution in [2.45, 2.75) is 44.9 Å². The number of para-hydroxylation sites is 1. The molecule has 1 unspecified atom stereocenters. The van der Waals surface area contributed by atoms with Crippen LogP contribution in [0.25, 0.3) is 0 Å². The van der Waals surface area contributed by atoms with Crippen LogP contribution in [0.2, 0.25) is 0 Å². The summed E-state index contributed by atoms with van der Waals surface area (Å²) in [6, 6.07) is 8.66. The molecule has 1 N–H and O–H groups in total. The van der Waals surface area contributed by atoms with Crippen molar-refractivity contribution in [1.82, 2.24) is 20.3 Å². The molecule has 0 fully saturated rings. The van der Waals surface area contributed by atoms with Gasteiger partial charge in [0, 0.05) is 30.8 Å². The molecule has 1 aromatic carbocycles. The highest BCUT2D eigenvalue weighted by atomic mass is 16.5. The van der Waals surface area contributed by atoms with Crippen molar-refractivity contribution >= 4 is 0 Å². The zero-order valence-corrected chi connectivity index (χ0v) is 12.6. The number of fused-ring (bicyclic) bond motifs is 1. The Morgan fingerprint density at radius 2 is 2.24 bits per heavy atom. The highest BCUT2D eigenvalue weighted by molar-refractivity contribution is 5.38. The van der Waals surface area contributed by atoms with E-state index in [1.54, 1.807) is 6.20 Å². The molecule has 1 atom stereocenters. The smallest absolute Gasteiger partial charge is 0.124 e. The number of nitrogens with zero attached hydrogens (tertiary/aromatic N) is 3. The SMILES string of the molecule is CC1(C)CC(NCCCn2ccnn2)c2ccccc2O1. The number of benzene rings is 1. The second kappa shape index (κ2) is 5.85. The van der Waals surface area contributed by atoms with Gasteiger partial charge in [0.2, 0.25) is 0 Å². The normalized spacial score (nSPS) is 19.8. The summed E-state index contributed by atoms with van der Waals surface area (Å²) in [5.74, 6) is 1.00. The lowest BCUT2D eigenvalue weighted by molar-refractivity contribution is 0.0660. The average molecular weight is 286 g/mol. The standard InChI is InChI=1S/C16H22N4O/c1-16(2)12-14(13-6-3-4-7-15(13)21-16)17-8-5-10-20-11-9-18-19-20/h3-4,6-7,9,11,14,17H,5,8,10,12H2,1-2H3. The molecule has 0 spiro atoms. The van der Waals surface area contributed by atoms with Gasteiger partial charge in [-0.3, -0.25) is 4.68 Å². The van der Waals surface area contributed by atoms with Crippen LogP contribution in [0.4, 0.5) is 0 Å². The monoisotopic (exact) mass is 286 g/mol. The molecule has 0 amide bonds. The summed E-state index contributed by atoms with van der Waals surface area (Å²) < 4.78 is 7.92. The summed E-state index contributed by atoms with van der Waals surface area (Å²) in [6.07, 6.45) is 5.62. The first-order valence-electron chi connectivity index (χ1n) is 7.49. The summed E-state index contributed by atoms with van der Waals surface area (Å²) in [7, 11) is 0. The molecule has 3 rings (SSSR count). The fourth-order valence-electron chi connectivity index (χ4n) is 2.85. The zero-order valence-electron chi connectivity index (χ0n) is 12.6. The molecule has 0 aliphatic carbocycles. The van der Waals surface area contributed by atoms with Crippen LogP contribution in [0, 0.1) is 0 Å². The van der Waals surface area contributed by atoms with Crippen molar-refractivity contribution in [3.05, 3.63) is 42.2 Å². The number of ether oxygens (including phenoxy) is 1. The summed E-state index contributed by atoms with van der Waals surface area (Å²) in [5, 5.41) is 11.4. The largest absolute Gasteiger partial charge is 0.487 e. The topological polar surface area (TPSA) is 52.0 Å². The van der Waals surface area contributed by atoms with Gasteiger partial charge in [-0.05, 0) is 32.9 Å². The molecule has 2 aromatic rings. The Morgan fingerprint density at radius 1 is 1.38 bits per heavy atom. The van der Waals surface area contributed by atoms with Crippen LogP contribution in [-0.2, 0) is 6.54 Å². The van der Waals surface area contributed by atoms with Crippen molar-refractivity contribution in [2.75, 3.05) is 6.54 Å². The molecule has 0 saturated heterocycles. The van der Waals surface area contributed by atoms with Gasteiger partial charge in [0.1, 0.15) is 11.4 Å². The number of nitrogens with one attached hydrogen (secondary N) is 1. The zero-order chi connectivity index (χ0) is 14.7. The Bertz CT molecular complexity index is 580. The summed E-state index contributed by atoms with van der Waals surface area (Å²) in [5.41, 5.74) is 1.13. The summed E-state index contributed by atoms with van der Waals surface area (Å²) >= 11 is 0. The van der Waals surface area contributed by atoms with Crippen LogP contribution in [0.1, 0.15) is 38.3 Å². The van der Waals surface area contributed by atoms with Crippen molar-refractivity contribution in [3.8, 4) is 5.75 Å². The highest BCUT2D eigenvalue weighted by Gasteiger charge is 2.32. The van der Waals surface area contributed by atoms with Crippen molar-refractivity contribution in [2.24, 2.45) is 0 Å². The van der Waals surface area contributed by atoms with Crippen LogP contribution < -0.4 is 10.1 Å². The first kappa shape index (κ1) is 14.1. The lowest BCUT2D eigenvalue weighted by atomic mass is 9.89. The maximum Gasteiger partial charge on any atom is 0.124 e. The average Bonchev–Trinajstić information content (AvgIpc) is 2.95. The molecule has 5 nitrogen and oxygen atoms in total. The fourth-order valence-corrected chi connectivity index (χ4v) is 2.85. The second-order valence-corrected chi connectivity index (χ2v) is 6.13. The molecule has 1 aliphatic rings. The lowest BCUT2D eigenvalue weighted by Gasteiger charge is -2.38. The van der Waals surface area contributed by atoms with E-state index in [9.17, 15) is 0 Å². The van der Waals surface area contributed by atoms with Gasteiger partial charge in [-0.1, -0.05) is 23.4 Å². The van der Waals surface area contributed by atoms with Gasteiger partial charge < -0.3 is 10.1 Å². The van der Waals surface area contributed by atoms with E-state index in [0.29, 0.717) is 6.04 Å². The molecule has 1 aliphatic heterocycles. The molecular formula is C16H22N4O. The maximum atomic E-state index is 6.05. The highest BCUT2D eigenvalue weighted by Crippen LogP contribution is 2.39. The van der Waals surface area contributed by atoms with Crippen molar-refractivity contribution < 1.29 is 4.74 Å². The predicted molar refractivity (Wildman–Crippen MR) is 81.1 cm³/mol. The summed E-state index contributed by atoms with van der Waals surface area (Å²) in [6.45, 7) is 6.14. The molecule has 0 bridgehead atoms. The Hall–Kier alpha value is -1.88. The van der Waals surface area contributed by atoms with Crippen LogP contribution in [-0.4, -0.2) is 27.1 Å². The fraction of sp³-hybridized carbons (Fsp3) is 0.500. The van der Waals surface area contributed by atoms with Gasteiger partial charge in [-0.2, -0.15) is 0 Å². The van der Waals surface area contributed by atoms with E-state index in [2.05, 4.69) is 47.7 Å². The Balaban J connectivity index is 1.59. The van der Waals surface area contributed by atoms with Gasteiger partial charge in [0.05, 0.1) is 6.20 Å². The van der Waals surface area contributed by atoms with E-state index in [-0.39, 0.29) is 5.60 Å². The third-order valence-electron chi connectivity index (χ3n) is 3.80. The van der Waals surface area contributed by atoms with Crippen LogP contribution in [0.5, 0.6) is 5.75 Å². The third-order valence-corrected chi connectivity index (χ3v) is 3.80. The van der Waals surface area contributed by atoms with E-state index < -0.39 is 0 Å². The number of hydrogen-bond acceptors (Lipinski definition) is 4. The molecule has 21 heavy (non-hydrogen) atoms. The number of hydrogen-bond donors (Lipinski definition) is 1. The Kier molecular flexibility index (Phi) is 3.92. The summed E-state index contributed by atoms with van der Waals surface area (Å²) in [4.78, 5) is 0. The number of rotatable bonds is 5. The van der Waals surface area contributed by atoms with E-state index in [1.165, 1.54) is 5.56 Å². The van der Waals surface area contributed by atoms with Gasteiger partial charge in [0.25, 0.3) is 0 Å². The third kappa shape index (κ3) is 3.42. The predicted octanol–water partition coefficient (Wildman–Crippen LogP) is 2.56. The van der Waals surface area contributed by atoms with Crippen molar-refractivity contribution in [1.29, 1.82) is 0 Å². The van der Waals surface area contributed by atoms with Crippen LogP contribution in [0.3, 0.4) is 0 Å². The molecule has 0 radical (unpaired) electrons. The van der Waals surface area contributed by atoms with E-state index in [1.807, 2.05) is 16.9 Å². The molecular weight excluding hydrogens is 264 g/mol. The van der Waals surface area contributed by atoms with Gasteiger partial charge in [-0.15, -0.1) is 5.10 Å². The van der Waals surface area contributed by atoms with Crippen LogP contribution >= 0.6 is 0 Å². The second-order valence-electron chi connectivity index (χ2n) is 6.13. The molecule has 5 heteroatoms. The minimum Gasteiger partial charge on any atom is -0.487 e. The van der Waals surface area contributed by atoms with E-state index in [0.717, 1.165) is 31.7 Å². The minimum atomic E-state index is -0.127. The van der Waals surface area contributed by atoms with Gasteiger partial charge in [0.15, 0.2) is 0 Å². The number of aryl methyl sites for hydroxylation is 1. The maximum absolute atomic E-state index is 6.05. The first-order chi connectivity index (χ1) is 10.1. The molecule has 112 valence electrons. The number of aromatic nitrogens is 3. The van der Waals surface area contributed by atoms with E-state index in [4.69, 9.17) is 4.74 Å². The lowest BCUT2D eigenvalue weighted by Crippen LogP contribution is -2.39. The van der Waals surface area contributed by atoms with Gasteiger partial charge in [-0.25, -0.2) is 0 Å². The quantitative estimate of drug-likeness (QED) is 0.858. The molecule has 2 heterocycles. The van der Waals surface area contributed by atoms with Crippen molar-refractivity contribution in [3.63, 3.8) is 0 Å². The Labute approximate surface area is 125 Å². The van der Waals surface area contributed by atoms with E-state index >= 15 is 0 Å². The Morgan fingerprint density at radius 3 is 3.05 bits per heavy atom. The molecule has 1 aromatic heterocycles. The van der Waals surface area contributed by atoms with Crippen LogP contribution in [0.15, 0.2) is 36.7 Å².